The van der Waals surface area contributed by atoms with Gasteiger partial charge in [0.1, 0.15) is 12.4 Å². The number of hydrogen-bond donors (Lipinski definition) is 1. The number of nitrogens with one attached hydrogen (secondary N) is 1. The maximum Gasteiger partial charge on any atom is 0.120 e. The van der Waals surface area contributed by atoms with Gasteiger partial charge in [-0.05, 0) is 36.1 Å². The lowest BCUT2D eigenvalue weighted by atomic mass is 9.99. The fourth-order valence-electron chi connectivity index (χ4n) is 3.38. The molecule has 1 aliphatic heterocycles. The maximum atomic E-state index is 6.02. The Bertz CT molecular complexity index is 660. The minimum Gasteiger partial charge on any atom is -0.489 e. The van der Waals surface area contributed by atoms with E-state index in [1.54, 1.807) is 0 Å². The van der Waals surface area contributed by atoms with Crippen LogP contribution in [0, 0.1) is 0 Å². The predicted octanol–water partition coefficient (Wildman–Crippen LogP) is 5.02. The topological polar surface area (TPSA) is 24.5 Å². The van der Waals surface area contributed by atoms with E-state index in [0.717, 1.165) is 44.8 Å². The van der Waals surface area contributed by atoms with Gasteiger partial charge in [0.05, 0.1) is 0 Å². The van der Waals surface area contributed by atoms with Crippen LogP contribution in [-0.4, -0.2) is 31.1 Å². The first-order valence-corrected chi connectivity index (χ1v) is 9.19. The van der Waals surface area contributed by atoms with Crippen molar-refractivity contribution in [2.45, 2.75) is 25.5 Å². The lowest BCUT2D eigenvalue weighted by Gasteiger charge is -2.35. The van der Waals surface area contributed by atoms with Crippen molar-refractivity contribution in [3.63, 3.8) is 0 Å². The summed E-state index contributed by atoms with van der Waals surface area (Å²) in [6.07, 6.45) is 4.15. The number of halogens is 2. The highest BCUT2D eigenvalue weighted by Crippen LogP contribution is 2.29. The molecule has 0 spiro atoms. The molecule has 0 aliphatic carbocycles. The zero-order chi connectivity index (χ0) is 17.3. The Morgan fingerprint density at radius 3 is 2.48 bits per heavy atom. The molecule has 0 unspecified atom stereocenters. The molecule has 3 rings (SSSR count). The molecule has 0 bridgehead atoms. The Hall–Kier alpha value is -1.52. The third-order valence-corrected chi connectivity index (χ3v) is 4.73. The van der Waals surface area contributed by atoms with Crippen molar-refractivity contribution >= 4 is 24.8 Å². The van der Waals surface area contributed by atoms with Crippen molar-refractivity contribution in [1.82, 2.24) is 10.2 Å². The Kier molecular flexibility index (Phi) is 11.1. The van der Waals surface area contributed by atoms with E-state index in [-0.39, 0.29) is 24.8 Å². The van der Waals surface area contributed by atoms with E-state index < -0.39 is 0 Å². The summed E-state index contributed by atoms with van der Waals surface area (Å²) in [5.74, 6) is 0.945. The zero-order valence-electron chi connectivity index (χ0n) is 15.7. The molecular formula is C22H30Cl2N2O. The number of nitrogens with zero attached hydrogens (tertiary/aromatic N) is 1. The summed E-state index contributed by atoms with van der Waals surface area (Å²) in [4.78, 5) is 2.58. The molecule has 1 N–H and O–H groups in total. The first kappa shape index (κ1) is 23.5. The molecule has 2 aromatic carbocycles. The van der Waals surface area contributed by atoms with Gasteiger partial charge in [0.15, 0.2) is 0 Å². The van der Waals surface area contributed by atoms with E-state index in [2.05, 4.69) is 53.2 Å². The van der Waals surface area contributed by atoms with Gasteiger partial charge in [-0.3, -0.25) is 4.90 Å². The van der Waals surface area contributed by atoms with Crippen LogP contribution in [0.15, 0.2) is 67.3 Å². The van der Waals surface area contributed by atoms with E-state index in [4.69, 9.17) is 4.74 Å². The van der Waals surface area contributed by atoms with Crippen molar-refractivity contribution in [2.75, 3.05) is 26.2 Å². The smallest absolute Gasteiger partial charge is 0.120 e. The van der Waals surface area contributed by atoms with Crippen LogP contribution in [0.25, 0.3) is 0 Å². The number of allylic oxidation sites excluding steroid dienone is 1. The maximum absolute atomic E-state index is 6.02. The van der Waals surface area contributed by atoms with Gasteiger partial charge in [0, 0.05) is 32.2 Å². The van der Waals surface area contributed by atoms with Gasteiger partial charge in [-0.1, -0.05) is 48.5 Å². The molecule has 1 fully saturated rings. The molecule has 1 aliphatic rings. The summed E-state index contributed by atoms with van der Waals surface area (Å²) >= 11 is 0. The molecule has 0 aromatic heterocycles. The predicted molar refractivity (Wildman–Crippen MR) is 118 cm³/mol. The van der Waals surface area contributed by atoms with Crippen LogP contribution in [0.4, 0.5) is 0 Å². The SMILES string of the molecule is C=CCC[C@@H](c1cccc(OCc2ccccc2)c1)N1CCNCC1.Cl.Cl. The van der Waals surface area contributed by atoms with E-state index in [9.17, 15) is 0 Å². The summed E-state index contributed by atoms with van der Waals surface area (Å²) in [6.45, 7) is 8.82. The van der Waals surface area contributed by atoms with Gasteiger partial charge in [-0.25, -0.2) is 0 Å². The molecule has 27 heavy (non-hydrogen) atoms. The summed E-state index contributed by atoms with van der Waals surface area (Å²) < 4.78 is 6.02. The first-order chi connectivity index (χ1) is 12.4. The zero-order valence-corrected chi connectivity index (χ0v) is 17.3. The molecule has 0 amide bonds. The molecule has 1 heterocycles. The number of rotatable bonds is 8. The van der Waals surface area contributed by atoms with Crippen LogP contribution in [0.2, 0.25) is 0 Å². The van der Waals surface area contributed by atoms with E-state index in [1.807, 2.05) is 24.3 Å². The second-order valence-electron chi connectivity index (χ2n) is 6.51. The molecule has 0 radical (unpaired) electrons. The highest BCUT2D eigenvalue weighted by molar-refractivity contribution is 5.85. The highest BCUT2D eigenvalue weighted by atomic mass is 35.5. The molecule has 148 valence electrons. The molecule has 0 saturated carbocycles. The lowest BCUT2D eigenvalue weighted by molar-refractivity contribution is 0.166. The largest absolute Gasteiger partial charge is 0.489 e. The fraction of sp³-hybridized carbons (Fsp3) is 0.364. The third-order valence-electron chi connectivity index (χ3n) is 4.73. The van der Waals surface area contributed by atoms with E-state index in [0.29, 0.717) is 12.6 Å². The number of hydrogen-bond acceptors (Lipinski definition) is 3. The van der Waals surface area contributed by atoms with Crippen LogP contribution in [0.3, 0.4) is 0 Å². The molecular weight excluding hydrogens is 379 g/mol. The average molecular weight is 409 g/mol. The molecule has 1 saturated heterocycles. The van der Waals surface area contributed by atoms with Gasteiger partial charge in [0.25, 0.3) is 0 Å². The van der Waals surface area contributed by atoms with Gasteiger partial charge in [-0.2, -0.15) is 0 Å². The quantitative estimate of drug-likeness (QED) is 0.620. The van der Waals surface area contributed by atoms with Crippen molar-refractivity contribution < 1.29 is 4.74 Å². The highest BCUT2D eigenvalue weighted by Gasteiger charge is 2.21. The lowest BCUT2D eigenvalue weighted by Crippen LogP contribution is -2.45. The summed E-state index contributed by atoms with van der Waals surface area (Å²) in [5, 5.41) is 3.44. The summed E-state index contributed by atoms with van der Waals surface area (Å²) in [6, 6.07) is 19.3. The van der Waals surface area contributed by atoms with Gasteiger partial charge >= 0.3 is 0 Å². The van der Waals surface area contributed by atoms with Crippen LogP contribution in [-0.2, 0) is 6.61 Å². The number of ether oxygens (including phenoxy) is 1. The number of piperazine rings is 1. The Labute approximate surface area is 175 Å². The summed E-state index contributed by atoms with van der Waals surface area (Å²) in [5.41, 5.74) is 2.53. The Balaban J connectivity index is 0.00000182. The fourth-order valence-corrected chi connectivity index (χ4v) is 3.38. The second kappa shape index (κ2) is 12.8. The van der Waals surface area contributed by atoms with Crippen LogP contribution in [0.1, 0.15) is 30.0 Å². The van der Waals surface area contributed by atoms with Crippen LogP contribution < -0.4 is 10.1 Å². The van der Waals surface area contributed by atoms with Crippen molar-refractivity contribution in [1.29, 1.82) is 0 Å². The van der Waals surface area contributed by atoms with Crippen molar-refractivity contribution in [3.8, 4) is 5.75 Å². The second-order valence-corrected chi connectivity index (χ2v) is 6.51. The van der Waals surface area contributed by atoms with Gasteiger partial charge in [-0.15, -0.1) is 31.4 Å². The van der Waals surface area contributed by atoms with Gasteiger partial charge in [0.2, 0.25) is 0 Å². The minimum absolute atomic E-state index is 0. The third kappa shape index (κ3) is 7.19. The standard InChI is InChI=1S/C22H28N2O.2ClH/c1-2-3-12-22(24-15-13-23-14-16-24)20-10-7-11-21(17-20)25-18-19-8-5-4-6-9-19;;/h2,4-11,17,22-23H,1,3,12-16,18H2;2*1H/t22-;;/m0../s1. The first-order valence-electron chi connectivity index (χ1n) is 9.19. The van der Waals surface area contributed by atoms with Gasteiger partial charge < -0.3 is 10.1 Å². The molecule has 5 heteroatoms. The average Bonchev–Trinajstić information content (AvgIpc) is 2.69. The van der Waals surface area contributed by atoms with Crippen molar-refractivity contribution in [2.24, 2.45) is 0 Å². The number of benzene rings is 2. The molecule has 2 aromatic rings. The van der Waals surface area contributed by atoms with E-state index >= 15 is 0 Å². The molecule has 3 nitrogen and oxygen atoms in total. The Morgan fingerprint density at radius 2 is 1.78 bits per heavy atom. The molecule has 1 atom stereocenters. The van der Waals surface area contributed by atoms with E-state index in [1.165, 1.54) is 11.1 Å². The summed E-state index contributed by atoms with van der Waals surface area (Å²) in [7, 11) is 0. The normalized spacial score (nSPS) is 15.1. The van der Waals surface area contributed by atoms with Crippen LogP contribution >= 0.6 is 24.8 Å². The van der Waals surface area contributed by atoms with Crippen LogP contribution in [0.5, 0.6) is 5.75 Å². The van der Waals surface area contributed by atoms with Crippen molar-refractivity contribution in [3.05, 3.63) is 78.4 Å². The minimum atomic E-state index is 0. The Morgan fingerprint density at radius 1 is 1.04 bits per heavy atom. The monoisotopic (exact) mass is 408 g/mol.